The Bertz CT molecular complexity index is 518. The molecule has 4 nitrogen and oxygen atoms in total. The van der Waals surface area contributed by atoms with Gasteiger partial charge in [0, 0.05) is 10.7 Å². The predicted molar refractivity (Wildman–Crippen MR) is 84.7 cm³/mol. The number of carbonyl (C=O) groups is 1. The van der Waals surface area contributed by atoms with Gasteiger partial charge in [-0.25, -0.2) is 9.78 Å². The minimum Gasteiger partial charge on any atom is -0.477 e. The molecule has 5 heteroatoms. The Hall–Kier alpha value is -1.10. The molecule has 116 valence electrons. The van der Waals surface area contributed by atoms with Crippen LogP contribution < -0.4 is 4.74 Å². The molecule has 3 unspecified atom stereocenters. The monoisotopic (exact) mass is 355 g/mol. The molecule has 0 aliphatic heterocycles. The van der Waals surface area contributed by atoms with E-state index in [0.29, 0.717) is 22.2 Å². The molecule has 1 N–H and O–H groups in total. The van der Waals surface area contributed by atoms with Crippen LogP contribution in [0.1, 0.15) is 50.4 Å². The van der Waals surface area contributed by atoms with E-state index in [1.807, 2.05) is 0 Å². The zero-order valence-corrected chi connectivity index (χ0v) is 14.3. The lowest BCUT2D eigenvalue weighted by molar-refractivity contribution is 0.0403. The number of aromatic nitrogens is 1. The minimum absolute atomic E-state index is 0.0422. The summed E-state index contributed by atoms with van der Waals surface area (Å²) in [5, 5.41) is 9.31. The smallest absolute Gasteiger partial charge is 0.341 e. The first-order valence-corrected chi connectivity index (χ1v) is 8.23. The summed E-state index contributed by atoms with van der Waals surface area (Å²) in [5.74, 6) is 0.799. The van der Waals surface area contributed by atoms with Crippen LogP contribution in [-0.4, -0.2) is 22.2 Å². The largest absolute Gasteiger partial charge is 0.477 e. The number of rotatable bonds is 4. The Morgan fingerprint density at radius 1 is 1.48 bits per heavy atom. The van der Waals surface area contributed by atoms with Gasteiger partial charge in [-0.1, -0.05) is 27.2 Å². The Balaban J connectivity index is 2.24. The maximum atomic E-state index is 11.4. The SMILES string of the molecule is CC1CCC(C(C)C)C(Oc2ncc(Br)cc2C(=O)O)C1. The molecule has 1 saturated carbocycles. The summed E-state index contributed by atoms with van der Waals surface area (Å²) in [6.45, 7) is 6.62. The lowest BCUT2D eigenvalue weighted by Crippen LogP contribution is -2.36. The third-order valence-corrected chi connectivity index (χ3v) is 4.71. The van der Waals surface area contributed by atoms with E-state index in [4.69, 9.17) is 4.74 Å². The summed E-state index contributed by atoms with van der Waals surface area (Å²) in [5.41, 5.74) is 0.116. The molecule has 1 aliphatic carbocycles. The van der Waals surface area contributed by atoms with Gasteiger partial charge >= 0.3 is 5.97 Å². The van der Waals surface area contributed by atoms with Gasteiger partial charge in [0.2, 0.25) is 5.88 Å². The van der Waals surface area contributed by atoms with Crippen molar-refractivity contribution in [2.24, 2.45) is 17.8 Å². The number of halogens is 1. The number of carboxylic acid groups (broad SMARTS) is 1. The van der Waals surface area contributed by atoms with Gasteiger partial charge in [0.25, 0.3) is 0 Å². The van der Waals surface area contributed by atoms with Gasteiger partial charge in [0.15, 0.2) is 0 Å². The molecule has 3 atom stereocenters. The first-order chi connectivity index (χ1) is 9.88. The fourth-order valence-electron chi connectivity index (χ4n) is 3.07. The summed E-state index contributed by atoms with van der Waals surface area (Å²) in [6, 6.07) is 1.54. The van der Waals surface area contributed by atoms with E-state index in [1.54, 1.807) is 12.3 Å². The summed E-state index contributed by atoms with van der Waals surface area (Å²) >= 11 is 3.25. The summed E-state index contributed by atoms with van der Waals surface area (Å²) < 4.78 is 6.68. The highest BCUT2D eigenvalue weighted by molar-refractivity contribution is 9.10. The van der Waals surface area contributed by atoms with Crippen LogP contribution in [0.5, 0.6) is 5.88 Å². The van der Waals surface area contributed by atoms with Crippen LogP contribution in [0.4, 0.5) is 0 Å². The van der Waals surface area contributed by atoms with E-state index in [-0.39, 0.29) is 17.5 Å². The number of carboxylic acids is 1. The molecule has 0 aromatic carbocycles. The van der Waals surface area contributed by atoms with E-state index in [1.165, 1.54) is 6.42 Å². The van der Waals surface area contributed by atoms with Gasteiger partial charge in [-0.3, -0.25) is 0 Å². The molecule has 1 fully saturated rings. The maximum Gasteiger partial charge on any atom is 0.341 e. The van der Waals surface area contributed by atoms with Crippen molar-refractivity contribution >= 4 is 21.9 Å². The first kappa shape index (κ1) is 16.3. The van der Waals surface area contributed by atoms with Crippen LogP contribution in [0, 0.1) is 17.8 Å². The highest BCUT2D eigenvalue weighted by Crippen LogP contribution is 2.36. The number of aromatic carboxylic acids is 1. The molecular weight excluding hydrogens is 334 g/mol. The highest BCUT2D eigenvalue weighted by atomic mass is 79.9. The molecule has 1 heterocycles. The number of ether oxygens (including phenoxy) is 1. The van der Waals surface area contributed by atoms with Crippen molar-refractivity contribution in [3.63, 3.8) is 0 Å². The van der Waals surface area contributed by atoms with Crippen LogP contribution in [0.25, 0.3) is 0 Å². The van der Waals surface area contributed by atoms with Gasteiger partial charge in [-0.15, -0.1) is 0 Å². The van der Waals surface area contributed by atoms with Crippen LogP contribution >= 0.6 is 15.9 Å². The van der Waals surface area contributed by atoms with Crippen molar-refractivity contribution < 1.29 is 14.6 Å². The third-order valence-electron chi connectivity index (χ3n) is 4.27. The summed E-state index contributed by atoms with van der Waals surface area (Å²) in [4.78, 5) is 15.5. The van der Waals surface area contributed by atoms with Crippen LogP contribution in [0.3, 0.4) is 0 Å². The molecular formula is C16H22BrNO3. The molecule has 0 bridgehead atoms. The quantitative estimate of drug-likeness (QED) is 0.870. The molecule has 0 saturated heterocycles. The van der Waals surface area contributed by atoms with Crippen molar-refractivity contribution in [1.29, 1.82) is 0 Å². The van der Waals surface area contributed by atoms with Gasteiger partial charge in [-0.2, -0.15) is 0 Å². The van der Waals surface area contributed by atoms with E-state index >= 15 is 0 Å². The fourth-order valence-corrected chi connectivity index (χ4v) is 3.40. The first-order valence-electron chi connectivity index (χ1n) is 7.44. The Morgan fingerprint density at radius 2 is 2.19 bits per heavy atom. The van der Waals surface area contributed by atoms with Gasteiger partial charge in [0.1, 0.15) is 11.7 Å². The normalized spacial score (nSPS) is 25.9. The van der Waals surface area contributed by atoms with Crippen molar-refractivity contribution in [1.82, 2.24) is 4.98 Å². The molecule has 1 aliphatic rings. The van der Waals surface area contributed by atoms with Crippen molar-refractivity contribution in [3.8, 4) is 5.88 Å². The lowest BCUT2D eigenvalue weighted by Gasteiger charge is -2.37. The molecule has 1 aromatic heterocycles. The zero-order chi connectivity index (χ0) is 15.6. The number of nitrogens with zero attached hydrogens (tertiary/aromatic N) is 1. The fraction of sp³-hybridized carbons (Fsp3) is 0.625. The van der Waals surface area contributed by atoms with E-state index in [9.17, 15) is 9.90 Å². The number of hydrogen-bond donors (Lipinski definition) is 1. The number of pyridine rings is 1. The van der Waals surface area contributed by atoms with Crippen LogP contribution in [0.15, 0.2) is 16.7 Å². The Kier molecular flexibility index (Phi) is 5.25. The maximum absolute atomic E-state index is 11.4. The van der Waals surface area contributed by atoms with Crippen molar-refractivity contribution in [3.05, 3.63) is 22.3 Å². The zero-order valence-electron chi connectivity index (χ0n) is 12.7. The Morgan fingerprint density at radius 3 is 2.81 bits per heavy atom. The average Bonchev–Trinajstić information content (AvgIpc) is 2.40. The van der Waals surface area contributed by atoms with Crippen LogP contribution in [-0.2, 0) is 0 Å². The van der Waals surface area contributed by atoms with Gasteiger partial charge < -0.3 is 9.84 Å². The van der Waals surface area contributed by atoms with Crippen molar-refractivity contribution in [2.45, 2.75) is 46.1 Å². The van der Waals surface area contributed by atoms with Gasteiger partial charge in [-0.05, 0) is 52.6 Å². The van der Waals surface area contributed by atoms with E-state index in [2.05, 4.69) is 41.7 Å². The Labute approximate surface area is 134 Å². The molecule has 2 rings (SSSR count). The molecule has 21 heavy (non-hydrogen) atoms. The average molecular weight is 356 g/mol. The second kappa shape index (κ2) is 6.77. The highest BCUT2D eigenvalue weighted by Gasteiger charge is 2.33. The second-order valence-electron chi connectivity index (χ2n) is 6.29. The van der Waals surface area contributed by atoms with E-state index in [0.717, 1.165) is 12.8 Å². The molecule has 1 aromatic rings. The van der Waals surface area contributed by atoms with Crippen LogP contribution in [0.2, 0.25) is 0 Å². The minimum atomic E-state index is -1.01. The van der Waals surface area contributed by atoms with Crippen molar-refractivity contribution in [2.75, 3.05) is 0 Å². The standard InChI is InChI=1S/C16H22BrNO3/c1-9(2)12-5-4-10(3)6-14(12)21-15-13(16(19)20)7-11(17)8-18-15/h7-10,12,14H,4-6H2,1-3H3,(H,19,20). The summed E-state index contributed by atoms with van der Waals surface area (Å²) in [7, 11) is 0. The predicted octanol–water partition coefficient (Wildman–Crippen LogP) is 4.38. The van der Waals surface area contributed by atoms with Gasteiger partial charge in [0.05, 0.1) is 0 Å². The van der Waals surface area contributed by atoms with E-state index < -0.39 is 5.97 Å². The molecule has 0 spiro atoms. The summed E-state index contributed by atoms with van der Waals surface area (Å²) in [6.07, 6.45) is 4.92. The molecule has 0 amide bonds. The third kappa shape index (κ3) is 3.96. The second-order valence-corrected chi connectivity index (χ2v) is 7.21. The topological polar surface area (TPSA) is 59.4 Å². The molecule has 0 radical (unpaired) electrons. The lowest BCUT2D eigenvalue weighted by atomic mass is 9.75. The number of hydrogen-bond acceptors (Lipinski definition) is 3.